The van der Waals surface area contributed by atoms with Crippen molar-refractivity contribution in [3.05, 3.63) is 53.9 Å². The van der Waals surface area contributed by atoms with Crippen molar-refractivity contribution < 1.29 is 14.7 Å². The molecule has 0 saturated heterocycles. The van der Waals surface area contributed by atoms with Gasteiger partial charge in [0.2, 0.25) is 0 Å². The molecule has 1 heterocycles. The summed E-state index contributed by atoms with van der Waals surface area (Å²) in [6.07, 6.45) is 1.62. The summed E-state index contributed by atoms with van der Waals surface area (Å²) >= 11 is 0. The van der Waals surface area contributed by atoms with E-state index < -0.39 is 12.0 Å². The topological polar surface area (TPSA) is 122 Å². The van der Waals surface area contributed by atoms with Gasteiger partial charge in [-0.25, -0.2) is 0 Å². The number of hydrogen-bond acceptors (Lipinski definition) is 5. The number of aromatic nitrogens is 3. The maximum Gasteiger partial charge on any atom is 0.320 e. The molecule has 7 nitrogen and oxygen atoms in total. The molecule has 0 spiro atoms. The van der Waals surface area contributed by atoms with Crippen LogP contribution in [0.3, 0.4) is 0 Å². The van der Waals surface area contributed by atoms with Crippen LogP contribution in [0.4, 0.5) is 0 Å². The van der Waals surface area contributed by atoms with Gasteiger partial charge in [-0.2, -0.15) is 15.4 Å². The minimum atomic E-state index is -1.06. The lowest BCUT2D eigenvalue weighted by molar-refractivity contribution is -0.138. The van der Waals surface area contributed by atoms with Crippen LogP contribution < -0.4 is 5.73 Å². The molecule has 2 rings (SSSR count). The lowest BCUT2D eigenvalue weighted by Crippen LogP contribution is -2.32. The first-order valence-corrected chi connectivity index (χ1v) is 6.16. The molecule has 1 aromatic heterocycles. The Morgan fingerprint density at radius 2 is 2.00 bits per heavy atom. The van der Waals surface area contributed by atoms with Gasteiger partial charge in [-0.05, 0) is 12.0 Å². The third kappa shape index (κ3) is 3.40. The van der Waals surface area contributed by atoms with E-state index in [9.17, 15) is 9.59 Å². The van der Waals surface area contributed by atoms with Crippen molar-refractivity contribution in [2.45, 2.75) is 12.5 Å². The zero-order valence-corrected chi connectivity index (χ0v) is 11.1. The first kappa shape index (κ1) is 14.6. The van der Waals surface area contributed by atoms with E-state index in [1.165, 1.54) is 6.20 Å². The van der Waals surface area contributed by atoms with Crippen LogP contribution in [-0.4, -0.2) is 38.3 Å². The number of allylic oxidation sites excluding steroid dienone is 1. The van der Waals surface area contributed by atoms with Gasteiger partial charge in [-0.15, -0.1) is 0 Å². The molecule has 0 amide bonds. The Bertz CT molecular complexity index is 662. The van der Waals surface area contributed by atoms with Crippen LogP contribution in [0.25, 0.3) is 5.57 Å². The number of Topliss-reactive ketones (excluding diaryl/α,β-unsaturated/α-hetero) is 1. The number of carboxylic acids is 1. The maximum absolute atomic E-state index is 12.2. The van der Waals surface area contributed by atoms with E-state index in [1.807, 2.05) is 0 Å². The molecule has 7 heteroatoms. The van der Waals surface area contributed by atoms with Crippen molar-refractivity contribution in [2.75, 3.05) is 0 Å². The predicted molar refractivity (Wildman–Crippen MR) is 75.5 cm³/mol. The number of carbonyl (C=O) groups is 2. The molecule has 0 bridgehead atoms. The largest absolute Gasteiger partial charge is 0.480 e. The van der Waals surface area contributed by atoms with Gasteiger partial charge < -0.3 is 10.8 Å². The number of aliphatic carboxylic acids is 1. The van der Waals surface area contributed by atoms with Crippen LogP contribution in [0.15, 0.2) is 37.0 Å². The van der Waals surface area contributed by atoms with Gasteiger partial charge in [-0.3, -0.25) is 9.59 Å². The maximum atomic E-state index is 12.2. The zero-order chi connectivity index (χ0) is 15.4. The van der Waals surface area contributed by atoms with Crippen LogP contribution in [0.1, 0.15) is 21.6 Å². The molecule has 0 aliphatic heterocycles. The molecule has 4 N–H and O–H groups in total. The van der Waals surface area contributed by atoms with Gasteiger partial charge in [-0.1, -0.05) is 30.8 Å². The van der Waals surface area contributed by atoms with Crippen LogP contribution in [0.5, 0.6) is 0 Å². The highest BCUT2D eigenvalue weighted by Gasteiger charge is 2.15. The van der Waals surface area contributed by atoms with Gasteiger partial charge in [0.25, 0.3) is 0 Å². The molecule has 0 aliphatic carbocycles. The number of aromatic amines is 1. The van der Waals surface area contributed by atoms with Crippen LogP contribution in [0, 0.1) is 0 Å². The molecule has 0 aliphatic rings. The van der Waals surface area contributed by atoms with E-state index in [0.717, 1.165) is 5.56 Å². The average molecular weight is 286 g/mol. The standard InChI is InChI=1S/C14H14N4O3/c1-8(12-7-16-18-17-12)13(19)10-4-2-9(3-5-10)6-11(15)14(20)21/h2-5,7,11H,1,6,15H2,(H,20,21)(H,16,17,18). The SMILES string of the molecule is C=C(C(=O)c1ccc(CC(N)C(=O)O)cc1)c1cn[nH]n1. The number of H-pyrrole nitrogens is 1. The molecular formula is C14H14N4O3. The first-order valence-electron chi connectivity index (χ1n) is 6.16. The van der Waals surface area contributed by atoms with Crippen molar-refractivity contribution in [2.24, 2.45) is 5.73 Å². The van der Waals surface area contributed by atoms with Crippen molar-refractivity contribution in [1.29, 1.82) is 0 Å². The van der Waals surface area contributed by atoms with E-state index >= 15 is 0 Å². The van der Waals surface area contributed by atoms with E-state index in [1.54, 1.807) is 24.3 Å². The minimum Gasteiger partial charge on any atom is -0.480 e. The Labute approximate surface area is 120 Å². The molecule has 0 radical (unpaired) electrons. The Hall–Kier alpha value is -2.80. The van der Waals surface area contributed by atoms with Crippen LogP contribution in [-0.2, 0) is 11.2 Å². The summed E-state index contributed by atoms with van der Waals surface area (Å²) in [7, 11) is 0. The fourth-order valence-electron chi connectivity index (χ4n) is 1.77. The summed E-state index contributed by atoms with van der Waals surface area (Å²) in [5, 5.41) is 18.6. The number of nitrogens with two attached hydrogens (primary N) is 1. The summed E-state index contributed by atoms with van der Waals surface area (Å²) in [6, 6.07) is 5.60. The number of hydrogen-bond donors (Lipinski definition) is 3. The second-order valence-electron chi connectivity index (χ2n) is 4.51. The van der Waals surface area contributed by atoms with E-state index in [0.29, 0.717) is 11.3 Å². The second-order valence-corrected chi connectivity index (χ2v) is 4.51. The summed E-state index contributed by atoms with van der Waals surface area (Å²) < 4.78 is 0. The van der Waals surface area contributed by atoms with Gasteiger partial charge >= 0.3 is 5.97 Å². The number of ketones is 1. The van der Waals surface area contributed by atoms with Crippen LogP contribution >= 0.6 is 0 Å². The van der Waals surface area contributed by atoms with Gasteiger partial charge in [0.05, 0.1) is 6.20 Å². The Balaban J connectivity index is 2.10. The molecule has 0 saturated carbocycles. The summed E-state index contributed by atoms with van der Waals surface area (Å²) in [4.78, 5) is 22.9. The lowest BCUT2D eigenvalue weighted by Gasteiger charge is -2.07. The number of carbonyl (C=O) groups excluding carboxylic acids is 1. The molecule has 1 aromatic carbocycles. The molecular weight excluding hydrogens is 272 g/mol. The Kier molecular flexibility index (Phi) is 4.24. The summed E-state index contributed by atoms with van der Waals surface area (Å²) in [5.74, 6) is -1.33. The van der Waals surface area contributed by atoms with Crippen LogP contribution in [0.2, 0.25) is 0 Å². The quantitative estimate of drug-likeness (QED) is 0.529. The Morgan fingerprint density at radius 1 is 1.33 bits per heavy atom. The third-order valence-corrected chi connectivity index (χ3v) is 2.99. The number of nitrogens with zero attached hydrogens (tertiary/aromatic N) is 2. The van der Waals surface area contributed by atoms with E-state index in [-0.39, 0.29) is 17.8 Å². The third-order valence-electron chi connectivity index (χ3n) is 2.99. The van der Waals surface area contributed by atoms with Gasteiger partial charge in [0.1, 0.15) is 11.7 Å². The molecule has 0 fully saturated rings. The van der Waals surface area contributed by atoms with Crippen molar-refractivity contribution >= 4 is 17.3 Å². The molecule has 21 heavy (non-hydrogen) atoms. The predicted octanol–water partition coefficient (Wildman–Crippen LogP) is 0.655. The highest BCUT2D eigenvalue weighted by Crippen LogP contribution is 2.16. The molecule has 2 aromatic rings. The number of benzene rings is 1. The zero-order valence-electron chi connectivity index (χ0n) is 11.1. The molecule has 1 atom stereocenters. The lowest BCUT2D eigenvalue weighted by atomic mass is 9.99. The van der Waals surface area contributed by atoms with Gasteiger partial charge in [0, 0.05) is 11.1 Å². The van der Waals surface area contributed by atoms with E-state index in [4.69, 9.17) is 10.8 Å². The van der Waals surface area contributed by atoms with Gasteiger partial charge in [0.15, 0.2) is 5.78 Å². The monoisotopic (exact) mass is 286 g/mol. The fourth-order valence-corrected chi connectivity index (χ4v) is 1.77. The average Bonchev–Trinajstić information content (AvgIpc) is 3.00. The van der Waals surface area contributed by atoms with Crippen molar-refractivity contribution in [3.63, 3.8) is 0 Å². The second kappa shape index (κ2) is 6.10. The fraction of sp³-hybridized carbons (Fsp3) is 0.143. The Morgan fingerprint density at radius 3 is 2.52 bits per heavy atom. The highest BCUT2D eigenvalue weighted by atomic mass is 16.4. The minimum absolute atomic E-state index is 0.202. The number of carboxylic acid groups (broad SMARTS) is 1. The highest BCUT2D eigenvalue weighted by molar-refractivity contribution is 6.27. The normalized spacial score (nSPS) is 11.9. The van der Waals surface area contributed by atoms with Crippen molar-refractivity contribution in [3.8, 4) is 0 Å². The summed E-state index contributed by atoms with van der Waals surface area (Å²) in [6.45, 7) is 3.70. The first-order chi connectivity index (χ1) is 9.99. The molecule has 1 unspecified atom stereocenters. The number of nitrogens with one attached hydrogen (secondary N) is 1. The summed E-state index contributed by atoms with van der Waals surface area (Å²) in [5.41, 5.74) is 7.26. The molecule has 108 valence electrons. The van der Waals surface area contributed by atoms with Crippen molar-refractivity contribution in [1.82, 2.24) is 15.4 Å². The van der Waals surface area contributed by atoms with E-state index in [2.05, 4.69) is 22.0 Å². The number of rotatable bonds is 6. The smallest absolute Gasteiger partial charge is 0.320 e.